The highest BCUT2D eigenvalue weighted by molar-refractivity contribution is 5.75. The average molecular weight is 367 g/mol. The summed E-state index contributed by atoms with van der Waals surface area (Å²) < 4.78 is 0. The van der Waals surface area contributed by atoms with Crippen molar-refractivity contribution in [3.63, 3.8) is 0 Å². The Morgan fingerprint density at radius 3 is 2.41 bits per heavy atom. The van der Waals surface area contributed by atoms with Gasteiger partial charge in [-0.25, -0.2) is 4.79 Å². The van der Waals surface area contributed by atoms with Crippen molar-refractivity contribution in [2.75, 3.05) is 26.7 Å². The normalized spacial score (nSPS) is 17.9. The second-order valence-electron chi connectivity index (χ2n) is 7.55. The van der Waals surface area contributed by atoms with Crippen molar-refractivity contribution >= 4 is 6.03 Å². The zero-order valence-electron chi connectivity index (χ0n) is 16.1. The third-order valence-electron chi connectivity index (χ3n) is 5.40. The standard InChI is InChI=1S/C22H29N3O2/c1-17-8-6-7-11-19(17)20(18-9-4-3-5-10-18)24-21(26)23-16-22(27)12-14-25(2)15-13-22/h3-11,20,27H,12-16H2,1-2H3,(H2,23,24,26). The Labute approximate surface area is 161 Å². The number of rotatable bonds is 5. The average Bonchev–Trinajstić information content (AvgIpc) is 2.69. The van der Waals surface area contributed by atoms with Crippen molar-refractivity contribution in [2.24, 2.45) is 0 Å². The van der Waals surface area contributed by atoms with Crippen molar-refractivity contribution < 1.29 is 9.90 Å². The third-order valence-corrected chi connectivity index (χ3v) is 5.40. The van der Waals surface area contributed by atoms with Crippen molar-refractivity contribution in [3.05, 3.63) is 71.3 Å². The summed E-state index contributed by atoms with van der Waals surface area (Å²) in [6, 6.07) is 17.5. The van der Waals surface area contributed by atoms with E-state index in [2.05, 4.69) is 15.5 Å². The van der Waals surface area contributed by atoms with E-state index in [1.807, 2.05) is 68.6 Å². The van der Waals surface area contributed by atoms with Crippen LogP contribution in [0.3, 0.4) is 0 Å². The minimum Gasteiger partial charge on any atom is -0.388 e. The second kappa shape index (κ2) is 8.55. The molecule has 3 N–H and O–H groups in total. The fourth-order valence-corrected chi connectivity index (χ4v) is 3.54. The highest BCUT2D eigenvalue weighted by Crippen LogP contribution is 2.25. The summed E-state index contributed by atoms with van der Waals surface area (Å²) >= 11 is 0. The number of nitrogens with one attached hydrogen (secondary N) is 2. The van der Waals surface area contributed by atoms with Gasteiger partial charge in [0.25, 0.3) is 0 Å². The zero-order valence-corrected chi connectivity index (χ0v) is 16.1. The number of hydrogen-bond donors (Lipinski definition) is 3. The number of amides is 2. The van der Waals surface area contributed by atoms with Gasteiger partial charge in [0.2, 0.25) is 0 Å². The molecule has 2 aromatic rings. The smallest absolute Gasteiger partial charge is 0.315 e. The molecule has 0 aliphatic carbocycles. The van der Waals surface area contributed by atoms with E-state index in [0.717, 1.165) is 29.8 Å². The molecule has 1 atom stereocenters. The Kier molecular flexibility index (Phi) is 6.14. The van der Waals surface area contributed by atoms with Crippen LogP contribution in [-0.4, -0.2) is 48.3 Å². The van der Waals surface area contributed by atoms with Crippen molar-refractivity contribution in [1.82, 2.24) is 15.5 Å². The number of nitrogens with zero attached hydrogens (tertiary/aromatic N) is 1. The maximum atomic E-state index is 12.6. The second-order valence-corrected chi connectivity index (χ2v) is 7.55. The van der Waals surface area contributed by atoms with Gasteiger partial charge >= 0.3 is 6.03 Å². The Morgan fingerprint density at radius 1 is 1.11 bits per heavy atom. The van der Waals surface area contributed by atoms with Gasteiger partial charge in [-0.1, -0.05) is 54.6 Å². The third kappa shape index (κ3) is 5.08. The van der Waals surface area contributed by atoms with Gasteiger partial charge in [0.05, 0.1) is 11.6 Å². The first-order valence-electron chi connectivity index (χ1n) is 9.53. The highest BCUT2D eigenvalue weighted by atomic mass is 16.3. The van der Waals surface area contributed by atoms with Gasteiger partial charge in [-0.3, -0.25) is 0 Å². The van der Waals surface area contributed by atoms with Crippen LogP contribution in [0.25, 0.3) is 0 Å². The van der Waals surface area contributed by atoms with Crippen LogP contribution in [0.15, 0.2) is 54.6 Å². The predicted molar refractivity (Wildman–Crippen MR) is 108 cm³/mol. The summed E-state index contributed by atoms with van der Waals surface area (Å²) in [7, 11) is 2.05. The summed E-state index contributed by atoms with van der Waals surface area (Å²) in [5, 5.41) is 16.6. The van der Waals surface area contributed by atoms with Crippen LogP contribution in [0.4, 0.5) is 4.79 Å². The molecule has 1 aliphatic rings. The van der Waals surface area contributed by atoms with E-state index in [1.165, 1.54) is 0 Å². The van der Waals surface area contributed by atoms with Crippen LogP contribution in [0.5, 0.6) is 0 Å². The molecule has 3 rings (SSSR count). The molecule has 1 saturated heterocycles. The molecule has 27 heavy (non-hydrogen) atoms. The topological polar surface area (TPSA) is 64.6 Å². The fourth-order valence-electron chi connectivity index (χ4n) is 3.54. The number of carbonyl (C=O) groups is 1. The Bertz CT molecular complexity index is 755. The van der Waals surface area contributed by atoms with Crippen molar-refractivity contribution in [1.29, 1.82) is 0 Å². The monoisotopic (exact) mass is 367 g/mol. The van der Waals surface area contributed by atoms with E-state index < -0.39 is 5.60 Å². The van der Waals surface area contributed by atoms with Gasteiger partial charge in [-0.05, 0) is 43.5 Å². The molecule has 1 aliphatic heterocycles. The largest absolute Gasteiger partial charge is 0.388 e. The van der Waals surface area contributed by atoms with Gasteiger partial charge in [0.15, 0.2) is 0 Å². The van der Waals surface area contributed by atoms with Crippen LogP contribution in [0, 0.1) is 6.92 Å². The van der Waals surface area contributed by atoms with Gasteiger partial charge in [-0.15, -0.1) is 0 Å². The Balaban J connectivity index is 1.69. The van der Waals surface area contributed by atoms with E-state index in [1.54, 1.807) is 0 Å². The number of urea groups is 1. The first-order valence-corrected chi connectivity index (χ1v) is 9.53. The minimum atomic E-state index is -0.825. The SMILES string of the molecule is Cc1ccccc1C(NC(=O)NCC1(O)CCN(C)CC1)c1ccccc1. The van der Waals surface area contributed by atoms with Gasteiger partial charge in [-0.2, -0.15) is 0 Å². The molecule has 5 nitrogen and oxygen atoms in total. The number of benzene rings is 2. The maximum Gasteiger partial charge on any atom is 0.315 e. The van der Waals surface area contributed by atoms with Crippen LogP contribution in [0.1, 0.15) is 35.6 Å². The molecular formula is C22H29N3O2. The lowest BCUT2D eigenvalue weighted by atomic mass is 9.91. The molecule has 144 valence electrons. The maximum absolute atomic E-state index is 12.6. The summed E-state index contributed by atoms with van der Waals surface area (Å²) in [4.78, 5) is 14.8. The molecule has 5 heteroatoms. The molecule has 2 aromatic carbocycles. The summed E-state index contributed by atoms with van der Waals surface area (Å²) in [5.41, 5.74) is 2.40. The molecule has 1 fully saturated rings. The lowest BCUT2D eigenvalue weighted by Gasteiger charge is -2.36. The first-order chi connectivity index (χ1) is 13.0. The van der Waals surface area contributed by atoms with Crippen LogP contribution in [-0.2, 0) is 0 Å². The van der Waals surface area contributed by atoms with Gasteiger partial charge in [0.1, 0.15) is 0 Å². The minimum absolute atomic E-state index is 0.237. The van der Waals surface area contributed by atoms with Gasteiger partial charge < -0.3 is 20.6 Å². The Hall–Kier alpha value is -2.37. The molecule has 0 spiro atoms. The van der Waals surface area contributed by atoms with E-state index >= 15 is 0 Å². The molecule has 0 radical (unpaired) electrons. The van der Waals surface area contributed by atoms with Crippen LogP contribution < -0.4 is 10.6 Å². The number of hydrogen-bond acceptors (Lipinski definition) is 3. The number of aliphatic hydroxyl groups is 1. The summed E-state index contributed by atoms with van der Waals surface area (Å²) in [6.45, 7) is 4.00. The molecular weight excluding hydrogens is 338 g/mol. The quantitative estimate of drug-likeness (QED) is 0.761. The highest BCUT2D eigenvalue weighted by Gasteiger charge is 2.31. The number of carbonyl (C=O) groups excluding carboxylic acids is 1. The first kappa shape index (κ1) is 19.4. The molecule has 1 unspecified atom stereocenters. The number of likely N-dealkylation sites (tertiary alicyclic amines) is 1. The summed E-state index contributed by atoms with van der Waals surface area (Å²) in [5.74, 6) is 0. The summed E-state index contributed by atoms with van der Waals surface area (Å²) in [6.07, 6.45) is 1.34. The van der Waals surface area contributed by atoms with Crippen molar-refractivity contribution in [3.8, 4) is 0 Å². The number of piperidine rings is 1. The van der Waals surface area contributed by atoms with Crippen molar-refractivity contribution in [2.45, 2.75) is 31.4 Å². The number of aryl methyl sites for hydroxylation is 1. The van der Waals surface area contributed by atoms with E-state index in [-0.39, 0.29) is 18.6 Å². The molecule has 2 amide bonds. The zero-order chi connectivity index (χ0) is 19.3. The van der Waals surface area contributed by atoms with E-state index in [9.17, 15) is 9.90 Å². The molecule has 0 saturated carbocycles. The molecule has 0 aromatic heterocycles. The van der Waals surface area contributed by atoms with Crippen LogP contribution >= 0.6 is 0 Å². The Morgan fingerprint density at radius 2 is 1.74 bits per heavy atom. The lowest BCUT2D eigenvalue weighted by molar-refractivity contribution is -0.0123. The fraction of sp³-hybridized carbons (Fsp3) is 0.409. The van der Waals surface area contributed by atoms with E-state index in [0.29, 0.717) is 12.8 Å². The van der Waals surface area contributed by atoms with E-state index in [4.69, 9.17) is 0 Å². The molecule has 0 bridgehead atoms. The predicted octanol–water partition coefficient (Wildman–Crippen LogP) is 2.84. The van der Waals surface area contributed by atoms with Gasteiger partial charge in [0, 0.05) is 19.6 Å². The van der Waals surface area contributed by atoms with Crippen LogP contribution in [0.2, 0.25) is 0 Å². The molecule has 1 heterocycles. The lowest BCUT2D eigenvalue weighted by Crippen LogP contribution is -2.52.